The van der Waals surface area contributed by atoms with Crippen molar-refractivity contribution >= 4 is 0 Å². The third-order valence-corrected chi connectivity index (χ3v) is 4.24. The number of aryl methyl sites for hydroxylation is 2. The van der Waals surface area contributed by atoms with Crippen LogP contribution in [0.5, 0.6) is 0 Å². The van der Waals surface area contributed by atoms with E-state index in [4.69, 9.17) is 9.97 Å². The molecule has 0 bridgehead atoms. The number of hydrogen-bond donors (Lipinski definition) is 1. The van der Waals surface area contributed by atoms with Gasteiger partial charge in [0.1, 0.15) is 5.82 Å². The van der Waals surface area contributed by atoms with Gasteiger partial charge in [-0.1, -0.05) is 20.8 Å². The molecule has 2 rings (SSSR count). The minimum Gasteiger partial charge on any atom is -0.316 e. The van der Waals surface area contributed by atoms with Crippen molar-refractivity contribution < 1.29 is 0 Å². The first-order valence-electron chi connectivity index (χ1n) is 7.54. The minimum atomic E-state index is 0.262. The highest BCUT2D eigenvalue weighted by Gasteiger charge is 2.42. The molecule has 3 heteroatoms. The maximum Gasteiger partial charge on any atom is 0.134 e. The molecule has 1 atom stereocenters. The topological polar surface area (TPSA) is 37.8 Å². The maximum absolute atomic E-state index is 4.78. The van der Waals surface area contributed by atoms with E-state index < -0.39 is 0 Å². The molecule has 0 amide bonds. The molecule has 19 heavy (non-hydrogen) atoms. The number of nitrogens with zero attached hydrogens (tertiary/aromatic N) is 2. The lowest BCUT2D eigenvalue weighted by Crippen LogP contribution is -2.23. The molecule has 1 unspecified atom stereocenters. The molecule has 1 aliphatic carbocycles. The van der Waals surface area contributed by atoms with Crippen molar-refractivity contribution in [3.63, 3.8) is 0 Å². The molecule has 0 saturated heterocycles. The summed E-state index contributed by atoms with van der Waals surface area (Å²) in [6, 6.07) is 0. The zero-order valence-electron chi connectivity index (χ0n) is 13.0. The summed E-state index contributed by atoms with van der Waals surface area (Å²) in [5.41, 5.74) is 3.93. The van der Waals surface area contributed by atoms with E-state index in [1.165, 1.54) is 36.2 Å². The molecule has 0 aromatic carbocycles. The van der Waals surface area contributed by atoms with E-state index in [0.29, 0.717) is 5.92 Å². The lowest BCUT2D eigenvalue weighted by atomic mass is 9.97. The second-order valence-electron chi connectivity index (χ2n) is 6.30. The summed E-state index contributed by atoms with van der Waals surface area (Å²) in [6.07, 6.45) is 3.65. The highest BCUT2D eigenvalue weighted by Crippen LogP contribution is 2.46. The Hall–Kier alpha value is -0.960. The van der Waals surface area contributed by atoms with Crippen molar-refractivity contribution in [2.75, 3.05) is 13.1 Å². The van der Waals surface area contributed by atoms with Crippen LogP contribution in [0.15, 0.2) is 0 Å². The zero-order chi connectivity index (χ0) is 14.0. The molecule has 0 radical (unpaired) electrons. The quantitative estimate of drug-likeness (QED) is 0.799. The van der Waals surface area contributed by atoms with Gasteiger partial charge >= 0.3 is 0 Å². The van der Waals surface area contributed by atoms with E-state index in [0.717, 1.165) is 18.9 Å². The third kappa shape index (κ3) is 3.14. The maximum atomic E-state index is 4.78. The largest absolute Gasteiger partial charge is 0.316 e. The molecule has 0 aliphatic heterocycles. The molecule has 1 aliphatic rings. The van der Waals surface area contributed by atoms with Gasteiger partial charge in [-0.25, -0.2) is 9.97 Å². The van der Waals surface area contributed by atoms with Crippen molar-refractivity contribution in [1.82, 2.24) is 15.3 Å². The standard InChI is InChI=1S/C16H27N3/c1-6-9-17-10-11(2)14-12(3)18-15(19-13(14)4)16(5)7-8-16/h11,17H,6-10H2,1-5H3. The van der Waals surface area contributed by atoms with Crippen LogP contribution in [0.1, 0.15) is 68.7 Å². The summed E-state index contributed by atoms with van der Waals surface area (Å²) >= 11 is 0. The van der Waals surface area contributed by atoms with Crippen molar-refractivity contribution in [3.05, 3.63) is 22.8 Å². The number of hydrogen-bond acceptors (Lipinski definition) is 3. The van der Waals surface area contributed by atoms with Gasteiger partial charge in [0.05, 0.1) is 0 Å². The van der Waals surface area contributed by atoms with Crippen LogP contribution in [-0.4, -0.2) is 23.1 Å². The Morgan fingerprint density at radius 1 is 1.21 bits per heavy atom. The molecule has 106 valence electrons. The Labute approximate surface area is 117 Å². The van der Waals surface area contributed by atoms with Gasteiger partial charge in [0.15, 0.2) is 0 Å². The zero-order valence-corrected chi connectivity index (χ0v) is 13.0. The van der Waals surface area contributed by atoms with Gasteiger partial charge in [0.2, 0.25) is 0 Å². The first-order chi connectivity index (χ1) is 8.98. The van der Waals surface area contributed by atoms with Crippen molar-refractivity contribution in [2.45, 2.75) is 65.2 Å². The summed E-state index contributed by atoms with van der Waals surface area (Å²) in [5, 5.41) is 3.49. The summed E-state index contributed by atoms with van der Waals surface area (Å²) in [4.78, 5) is 9.56. The lowest BCUT2D eigenvalue weighted by molar-refractivity contribution is 0.595. The van der Waals surface area contributed by atoms with Crippen LogP contribution >= 0.6 is 0 Å². The van der Waals surface area contributed by atoms with E-state index in [1.54, 1.807) is 0 Å². The van der Waals surface area contributed by atoms with E-state index >= 15 is 0 Å². The number of aromatic nitrogens is 2. The van der Waals surface area contributed by atoms with Crippen molar-refractivity contribution in [1.29, 1.82) is 0 Å². The second kappa shape index (κ2) is 5.58. The average molecular weight is 261 g/mol. The number of nitrogens with one attached hydrogen (secondary N) is 1. The van der Waals surface area contributed by atoms with E-state index in [9.17, 15) is 0 Å². The van der Waals surface area contributed by atoms with Crippen molar-refractivity contribution in [2.24, 2.45) is 0 Å². The van der Waals surface area contributed by atoms with Crippen LogP contribution in [-0.2, 0) is 5.41 Å². The van der Waals surface area contributed by atoms with Crippen LogP contribution in [0.4, 0.5) is 0 Å². The minimum absolute atomic E-state index is 0.262. The second-order valence-corrected chi connectivity index (χ2v) is 6.30. The molecule has 3 nitrogen and oxygen atoms in total. The van der Waals surface area contributed by atoms with Crippen LogP contribution in [0.2, 0.25) is 0 Å². The van der Waals surface area contributed by atoms with Gasteiger partial charge in [-0.05, 0) is 51.1 Å². The van der Waals surface area contributed by atoms with Crippen LogP contribution in [0, 0.1) is 13.8 Å². The van der Waals surface area contributed by atoms with Gasteiger partial charge in [-0.3, -0.25) is 0 Å². The highest BCUT2D eigenvalue weighted by atomic mass is 14.9. The van der Waals surface area contributed by atoms with Crippen LogP contribution in [0.25, 0.3) is 0 Å². The predicted octanol–water partition coefficient (Wildman–Crippen LogP) is 3.25. The first-order valence-corrected chi connectivity index (χ1v) is 7.54. The Balaban J connectivity index is 2.17. The van der Waals surface area contributed by atoms with E-state index in [2.05, 4.69) is 39.9 Å². The molecule has 1 N–H and O–H groups in total. The lowest BCUT2D eigenvalue weighted by Gasteiger charge is -2.19. The Morgan fingerprint density at radius 3 is 2.26 bits per heavy atom. The van der Waals surface area contributed by atoms with Gasteiger partial charge in [0.25, 0.3) is 0 Å². The molecule has 1 fully saturated rings. The van der Waals surface area contributed by atoms with Crippen LogP contribution in [0.3, 0.4) is 0 Å². The van der Waals surface area contributed by atoms with Crippen LogP contribution < -0.4 is 5.32 Å². The Kier molecular flexibility index (Phi) is 4.24. The third-order valence-electron chi connectivity index (χ3n) is 4.24. The molecule has 0 spiro atoms. The van der Waals surface area contributed by atoms with Gasteiger partial charge < -0.3 is 5.32 Å². The first kappa shape index (κ1) is 14.4. The monoisotopic (exact) mass is 261 g/mol. The normalized spacial score (nSPS) is 18.4. The molecule has 1 saturated carbocycles. The fourth-order valence-corrected chi connectivity index (χ4v) is 2.72. The fraction of sp³-hybridized carbons (Fsp3) is 0.750. The van der Waals surface area contributed by atoms with E-state index in [1.807, 2.05) is 0 Å². The van der Waals surface area contributed by atoms with Gasteiger partial charge in [-0.2, -0.15) is 0 Å². The molecule has 1 aromatic heterocycles. The summed E-state index contributed by atoms with van der Waals surface area (Å²) in [5.74, 6) is 1.53. The number of rotatable bonds is 6. The average Bonchev–Trinajstić information content (AvgIpc) is 3.08. The summed E-state index contributed by atoms with van der Waals surface area (Å²) in [6.45, 7) is 13.1. The van der Waals surface area contributed by atoms with E-state index in [-0.39, 0.29) is 5.41 Å². The Bertz CT molecular complexity index is 426. The Morgan fingerprint density at radius 2 is 1.79 bits per heavy atom. The molecular formula is C16H27N3. The van der Waals surface area contributed by atoms with Crippen molar-refractivity contribution in [3.8, 4) is 0 Å². The van der Waals surface area contributed by atoms with Gasteiger partial charge in [-0.15, -0.1) is 0 Å². The SMILES string of the molecule is CCCNCC(C)c1c(C)nc(C2(C)CC2)nc1C. The summed E-state index contributed by atoms with van der Waals surface area (Å²) in [7, 11) is 0. The molecule has 1 aromatic rings. The summed E-state index contributed by atoms with van der Waals surface area (Å²) < 4.78 is 0. The smallest absolute Gasteiger partial charge is 0.134 e. The fourth-order valence-electron chi connectivity index (χ4n) is 2.72. The highest BCUT2D eigenvalue weighted by molar-refractivity contribution is 5.31. The molecular weight excluding hydrogens is 234 g/mol. The van der Waals surface area contributed by atoms with Gasteiger partial charge in [0, 0.05) is 23.3 Å². The molecule has 1 heterocycles. The predicted molar refractivity (Wildman–Crippen MR) is 79.7 cm³/mol.